The minimum absolute atomic E-state index is 0.101. The summed E-state index contributed by atoms with van der Waals surface area (Å²) in [4.78, 5) is 18.8. The van der Waals surface area contributed by atoms with Gasteiger partial charge in [-0.3, -0.25) is 0 Å². The van der Waals surface area contributed by atoms with E-state index in [4.69, 9.17) is 0 Å². The fourth-order valence-corrected chi connectivity index (χ4v) is 3.73. The number of fused-ring (bicyclic) bond motifs is 1. The highest BCUT2D eigenvalue weighted by Crippen LogP contribution is 2.29. The summed E-state index contributed by atoms with van der Waals surface area (Å²) in [6.07, 6.45) is 0. The first-order valence-corrected chi connectivity index (χ1v) is 9.22. The Kier molecular flexibility index (Phi) is 4.87. The average Bonchev–Trinajstić information content (AvgIpc) is 3.01. The summed E-state index contributed by atoms with van der Waals surface area (Å²) in [5, 5.41) is 3.86. The molecule has 3 rings (SSSR count). The Hall–Kier alpha value is -1.92. The Bertz CT molecular complexity index is 860. The van der Waals surface area contributed by atoms with Crippen molar-refractivity contribution in [2.24, 2.45) is 0 Å². The minimum atomic E-state index is -0.155. The molecule has 0 saturated heterocycles. The van der Waals surface area contributed by atoms with Crippen molar-refractivity contribution < 1.29 is 4.79 Å². The molecule has 0 spiro atoms. The molecule has 0 saturated carbocycles. The van der Waals surface area contributed by atoms with E-state index in [1.165, 1.54) is 0 Å². The highest BCUT2D eigenvalue weighted by molar-refractivity contribution is 9.10. The Morgan fingerprint density at radius 1 is 1.29 bits per heavy atom. The van der Waals surface area contributed by atoms with Crippen molar-refractivity contribution in [3.8, 4) is 0 Å². The fourth-order valence-electron chi connectivity index (χ4n) is 2.29. The van der Waals surface area contributed by atoms with Gasteiger partial charge in [0.1, 0.15) is 5.01 Å². The second-order valence-electron chi connectivity index (χ2n) is 5.70. The van der Waals surface area contributed by atoms with E-state index >= 15 is 0 Å². The van der Waals surface area contributed by atoms with Gasteiger partial charge in [0, 0.05) is 17.2 Å². The minimum Gasteiger partial charge on any atom is -0.318 e. The van der Waals surface area contributed by atoms with Gasteiger partial charge in [-0.1, -0.05) is 34.1 Å². The molecular weight excluding hydrogens is 386 g/mol. The molecule has 3 aromatic rings. The van der Waals surface area contributed by atoms with E-state index in [0.717, 1.165) is 30.9 Å². The molecule has 0 aliphatic carbocycles. The van der Waals surface area contributed by atoms with Gasteiger partial charge < -0.3 is 10.2 Å². The van der Waals surface area contributed by atoms with Crippen LogP contribution in [0.15, 0.2) is 46.9 Å². The van der Waals surface area contributed by atoms with Gasteiger partial charge in [0.2, 0.25) is 0 Å². The second-order valence-corrected chi connectivity index (χ2v) is 7.62. The Morgan fingerprint density at radius 3 is 2.75 bits per heavy atom. The number of nitrogens with one attached hydrogen (secondary N) is 1. The number of aromatic nitrogens is 1. The predicted octanol–water partition coefficient (Wildman–Crippen LogP) is 5.59. The number of thiazole rings is 1. The number of anilines is 1. The number of halogens is 1. The van der Waals surface area contributed by atoms with Crippen LogP contribution < -0.4 is 5.32 Å². The lowest BCUT2D eigenvalue weighted by Gasteiger charge is -2.23. The third-order valence-electron chi connectivity index (χ3n) is 3.99. The number of aryl methyl sites for hydroxylation is 1. The van der Waals surface area contributed by atoms with Crippen molar-refractivity contribution >= 4 is 49.2 Å². The monoisotopic (exact) mass is 403 g/mol. The summed E-state index contributed by atoms with van der Waals surface area (Å²) in [5.41, 5.74) is 2.87. The molecule has 0 fully saturated rings. The zero-order valence-corrected chi connectivity index (χ0v) is 16.1. The van der Waals surface area contributed by atoms with E-state index in [-0.39, 0.29) is 12.1 Å². The first kappa shape index (κ1) is 16.9. The van der Waals surface area contributed by atoms with Gasteiger partial charge in [0.25, 0.3) is 0 Å². The van der Waals surface area contributed by atoms with Crippen LogP contribution in [0.2, 0.25) is 0 Å². The summed E-state index contributed by atoms with van der Waals surface area (Å²) in [5.74, 6) is 0. The van der Waals surface area contributed by atoms with Crippen molar-refractivity contribution in [2.75, 3.05) is 12.4 Å². The van der Waals surface area contributed by atoms with E-state index in [1.54, 1.807) is 23.3 Å². The molecule has 2 amide bonds. The van der Waals surface area contributed by atoms with Crippen LogP contribution in [0.1, 0.15) is 23.5 Å². The Labute approximate surface area is 153 Å². The maximum Gasteiger partial charge on any atom is 0.322 e. The Morgan fingerprint density at radius 2 is 2.04 bits per heavy atom. The number of amides is 2. The molecule has 124 valence electrons. The molecule has 1 atom stereocenters. The van der Waals surface area contributed by atoms with Crippen LogP contribution in [0.3, 0.4) is 0 Å². The van der Waals surface area contributed by atoms with Gasteiger partial charge in [0.05, 0.1) is 16.3 Å². The molecule has 1 N–H and O–H groups in total. The zero-order chi connectivity index (χ0) is 17.3. The molecule has 0 bridgehead atoms. The van der Waals surface area contributed by atoms with E-state index in [2.05, 4.69) is 26.2 Å². The summed E-state index contributed by atoms with van der Waals surface area (Å²) in [6, 6.07) is 13.5. The van der Waals surface area contributed by atoms with Crippen molar-refractivity contribution in [2.45, 2.75) is 19.9 Å². The molecule has 24 heavy (non-hydrogen) atoms. The second kappa shape index (κ2) is 6.91. The Balaban J connectivity index is 1.75. The maximum atomic E-state index is 12.5. The highest BCUT2D eigenvalue weighted by atomic mass is 79.9. The summed E-state index contributed by atoms with van der Waals surface area (Å²) in [7, 11) is 1.79. The van der Waals surface area contributed by atoms with E-state index in [1.807, 2.05) is 56.3 Å². The topological polar surface area (TPSA) is 45.2 Å². The van der Waals surface area contributed by atoms with Crippen molar-refractivity contribution in [3.63, 3.8) is 0 Å². The van der Waals surface area contributed by atoms with Crippen LogP contribution in [-0.2, 0) is 0 Å². The van der Waals surface area contributed by atoms with Gasteiger partial charge in [-0.05, 0) is 43.7 Å². The molecule has 0 aliphatic heterocycles. The number of para-hydroxylation sites is 1. The van der Waals surface area contributed by atoms with Crippen molar-refractivity contribution in [3.05, 3.63) is 57.5 Å². The number of rotatable bonds is 3. The van der Waals surface area contributed by atoms with Gasteiger partial charge in [-0.2, -0.15) is 0 Å². The first-order valence-electron chi connectivity index (χ1n) is 7.61. The lowest BCUT2D eigenvalue weighted by atomic mass is 10.2. The van der Waals surface area contributed by atoms with Crippen LogP contribution in [0.5, 0.6) is 0 Å². The van der Waals surface area contributed by atoms with E-state index in [9.17, 15) is 4.79 Å². The van der Waals surface area contributed by atoms with Gasteiger partial charge in [0.15, 0.2) is 0 Å². The SMILES string of the molecule is Cc1ccc(NC(=O)N(C)C(C)c2nc3ccccc3s2)cc1Br. The van der Waals surface area contributed by atoms with E-state index in [0.29, 0.717) is 0 Å². The molecular formula is C18H18BrN3OS. The number of carbonyl (C=O) groups is 1. The smallest absolute Gasteiger partial charge is 0.318 e. The molecule has 6 heteroatoms. The number of urea groups is 1. The highest BCUT2D eigenvalue weighted by Gasteiger charge is 2.20. The zero-order valence-electron chi connectivity index (χ0n) is 13.7. The third-order valence-corrected chi connectivity index (χ3v) is 6.05. The van der Waals surface area contributed by atoms with Gasteiger partial charge >= 0.3 is 6.03 Å². The lowest BCUT2D eigenvalue weighted by Crippen LogP contribution is -2.33. The maximum absolute atomic E-state index is 12.5. The third kappa shape index (κ3) is 3.44. The van der Waals surface area contributed by atoms with Crippen molar-refractivity contribution in [1.82, 2.24) is 9.88 Å². The molecule has 2 aromatic carbocycles. The van der Waals surface area contributed by atoms with Crippen molar-refractivity contribution in [1.29, 1.82) is 0 Å². The number of nitrogens with zero attached hydrogens (tertiary/aromatic N) is 2. The van der Waals surface area contributed by atoms with Crippen LogP contribution >= 0.6 is 27.3 Å². The average molecular weight is 404 g/mol. The molecule has 4 nitrogen and oxygen atoms in total. The molecule has 0 aliphatic rings. The largest absolute Gasteiger partial charge is 0.322 e. The number of benzene rings is 2. The van der Waals surface area contributed by atoms with E-state index < -0.39 is 0 Å². The normalized spacial score (nSPS) is 12.2. The van der Waals surface area contributed by atoms with Crippen LogP contribution in [0, 0.1) is 6.92 Å². The molecule has 1 heterocycles. The fraction of sp³-hybridized carbons (Fsp3) is 0.222. The van der Waals surface area contributed by atoms with Gasteiger partial charge in [-0.25, -0.2) is 9.78 Å². The standard InChI is InChI=1S/C18H18BrN3OS/c1-11-8-9-13(10-14(11)19)20-18(23)22(3)12(2)17-21-15-6-4-5-7-16(15)24-17/h4-10,12H,1-3H3,(H,20,23). The number of hydrogen-bond acceptors (Lipinski definition) is 3. The lowest BCUT2D eigenvalue weighted by molar-refractivity contribution is 0.208. The first-order chi connectivity index (χ1) is 11.5. The van der Waals surface area contributed by atoms with Crippen LogP contribution in [0.4, 0.5) is 10.5 Å². The number of hydrogen-bond donors (Lipinski definition) is 1. The summed E-state index contributed by atoms with van der Waals surface area (Å²) >= 11 is 5.11. The quantitative estimate of drug-likeness (QED) is 0.618. The summed E-state index contributed by atoms with van der Waals surface area (Å²) < 4.78 is 2.11. The molecule has 1 aromatic heterocycles. The van der Waals surface area contributed by atoms with Gasteiger partial charge in [-0.15, -0.1) is 11.3 Å². The number of carbonyl (C=O) groups excluding carboxylic acids is 1. The predicted molar refractivity (Wildman–Crippen MR) is 104 cm³/mol. The molecule has 1 unspecified atom stereocenters. The van der Waals surface area contributed by atoms with Crippen LogP contribution in [0.25, 0.3) is 10.2 Å². The van der Waals surface area contributed by atoms with Crippen LogP contribution in [-0.4, -0.2) is 23.0 Å². The molecule has 0 radical (unpaired) electrons. The summed E-state index contributed by atoms with van der Waals surface area (Å²) in [6.45, 7) is 4.00.